The van der Waals surface area contributed by atoms with Gasteiger partial charge in [-0.3, -0.25) is 9.97 Å². The van der Waals surface area contributed by atoms with E-state index in [1.165, 1.54) is 6.07 Å². The summed E-state index contributed by atoms with van der Waals surface area (Å²) in [6, 6.07) is 14.9. The summed E-state index contributed by atoms with van der Waals surface area (Å²) in [5, 5.41) is 4.25. The molecule has 0 aliphatic heterocycles. The zero-order valence-electron chi connectivity index (χ0n) is 18.9. The number of ether oxygens (including phenoxy) is 1. The summed E-state index contributed by atoms with van der Waals surface area (Å²) >= 11 is 0. The quantitative estimate of drug-likeness (QED) is 0.368. The Kier molecular flexibility index (Phi) is 5.86. The number of fused-ring (bicyclic) bond motifs is 1. The molecule has 5 aromatic rings. The predicted octanol–water partition coefficient (Wildman–Crippen LogP) is 5.12. The highest BCUT2D eigenvalue weighted by atomic mass is 19.1. The number of nitrogens with one attached hydrogen (secondary N) is 1. The second-order valence-corrected chi connectivity index (χ2v) is 7.86. The van der Waals surface area contributed by atoms with E-state index >= 15 is 0 Å². The normalized spacial score (nSPS) is 11.0. The molecule has 0 unspecified atom stereocenters. The lowest BCUT2D eigenvalue weighted by Gasteiger charge is -2.11. The molecule has 0 bridgehead atoms. The molecule has 7 nitrogen and oxygen atoms in total. The Morgan fingerprint density at radius 1 is 0.941 bits per heavy atom. The van der Waals surface area contributed by atoms with Gasteiger partial charge in [0.1, 0.15) is 23.7 Å². The average Bonchev–Trinajstić information content (AvgIpc) is 3.19. The fourth-order valence-corrected chi connectivity index (χ4v) is 4.06. The lowest BCUT2D eigenvalue weighted by Crippen LogP contribution is -2.12. The fourth-order valence-electron chi connectivity index (χ4n) is 4.06. The lowest BCUT2D eigenvalue weighted by atomic mass is 10.1. The Morgan fingerprint density at radius 3 is 2.47 bits per heavy atom. The van der Waals surface area contributed by atoms with Crippen LogP contribution in [0.5, 0.6) is 5.75 Å². The summed E-state index contributed by atoms with van der Waals surface area (Å²) in [6.45, 7) is 3.27. The Morgan fingerprint density at radius 2 is 1.74 bits per heavy atom. The lowest BCUT2D eigenvalue weighted by molar-refractivity contribution is 0.416. The molecule has 2 aromatic carbocycles. The molecule has 0 radical (unpaired) electrons. The number of aromatic nitrogens is 5. The van der Waals surface area contributed by atoms with Gasteiger partial charge in [0.2, 0.25) is 0 Å². The van der Waals surface area contributed by atoms with E-state index in [1.807, 2.05) is 43.3 Å². The first-order chi connectivity index (χ1) is 16.6. The number of methoxy groups -OCH3 is 1. The first kappa shape index (κ1) is 21.5. The molecule has 3 heterocycles. The molecule has 0 spiro atoms. The van der Waals surface area contributed by atoms with Crippen LogP contribution in [-0.4, -0.2) is 38.2 Å². The number of anilines is 1. The van der Waals surface area contributed by atoms with Crippen LogP contribution < -0.4 is 10.1 Å². The smallest absolute Gasteiger partial charge is 0.131 e. The zero-order valence-corrected chi connectivity index (χ0v) is 18.9. The maximum absolute atomic E-state index is 14.1. The van der Waals surface area contributed by atoms with E-state index in [2.05, 4.69) is 29.8 Å². The molecule has 0 amide bonds. The van der Waals surface area contributed by atoms with Gasteiger partial charge in [-0.1, -0.05) is 24.3 Å². The van der Waals surface area contributed by atoms with Crippen LogP contribution in [0.25, 0.3) is 33.4 Å². The van der Waals surface area contributed by atoms with E-state index in [0.29, 0.717) is 18.8 Å². The van der Waals surface area contributed by atoms with Crippen molar-refractivity contribution in [1.82, 2.24) is 24.5 Å². The van der Waals surface area contributed by atoms with Crippen LogP contribution in [0.3, 0.4) is 0 Å². The van der Waals surface area contributed by atoms with Gasteiger partial charge in [-0.25, -0.2) is 14.4 Å². The standard InChI is InChI=1S/C26H23FN6O/c1-17-11-21-24(12-20(27)13-25(21)34-2)33(17)10-9-30-26-14-22(31-16-32-26)18-3-5-19(6-4-18)23-15-28-7-8-29-23/h3-8,11-16H,9-10H2,1-2H3,(H,30,31,32). The molecule has 0 saturated heterocycles. The molecule has 0 aliphatic carbocycles. The van der Waals surface area contributed by atoms with Crippen molar-refractivity contribution in [3.05, 3.63) is 85.0 Å². The number of halogens is 1. The highest BCUT2D eigenvalue weighted by Gasteiger charge is 2.12. The Balaban J connectivity index is 1.30. The van der Waals surface area contributed by atoms with Gasteiger partial charge in [0.05, 0.1) is 30.2 Å². The molecule has 1 N–H and O–H groups in total. The van der Waals surface area contributed by atoms with Crippen molar-refractivity contribution in [1.29, 1.82) is 0 Å². The van der Waals surface area contributed by atoms with Gasteiger partial charge in [0.25, 0.3) is 0 Å². The number of hydrogen-bond donors (Lipinski definition) is 1. The highest BCUT2D eigenvalue weighted by Crippen LogP contribution is 2.30. The zero-order chi connectivity index (χ0) is 23.5. The second-order valence-electron chi connectivity index (χ2n) is 7.86. The summed E-state index contributed by atoms with van der Waals surface area (Å²) in [7, 11) is 1.55. The third kappa shape index (κ3) is 4.30. The summed E-state index contributed by atoms with van der Waals surface area (Å²) in [5.74, 6) is 0.943. The van der Waals surface area contributed by atoms with Gasteiger partial charge < -0.3 is 14.6 Å². The minimum atomic E-state index is -0.317. The van der Waals surface area contributed by atoms with Crippen molar-refractivity contribution in [3.8, 4) is 28.3 Å². The maximum Gasteiger partial charge on any atom is 0.131 e. The first-order valence-electron chi connectivity index (χ1n) is 10.9. The second kappa shape index (κ2) is 9.27. The molecule has 3 aromatic heterocycles. The van der Waals surface area contributed by atoms with Crippen molar-refractivity contribution < 1.29 is 9.13 Å². The van der Waals surface area contributed by atoms with E-state index in [1.54, 1.807) is 38.1 Å². The molecule has 170 valence electrons. The van der Waals surface area contributed by atoms with E-state index in [9.17, 15) is 4.39 Å². The van der Waals surface area contributed by atoms with Gasteiger partial charge in [-0.05, 0) is 19.1 Å². The largest absolute Gasteiger partial charge is 0.496 e. The van der Waals surface area contributed by atoms with Gasteiger partial charge in [-0.15, -0.1) is 0 Å². The minimum absolute atomic E-state index is 0.317. The molecule has 0 saturated carbocycles. The Hall–Kier alpha value is -4.33. The number of nitrogens with zero attached hydrogens (tertiary/aromatic N) is 5. The van der Waals surface area contributed by atoms with Crippen LogP contribution in [0.2, 0.25) is 0 Å². The van der Waals surface area contributed by atoms with Crippen molar-refractivity contribution in [2.24, 2.45) is 0 Å². The molecule has 34 heavy (non-hydrogen) atoms. The molecular weight excluding hydrogens is 431 g/mol. The van der Waals surface area contributed by atoms with Gasteiger partial charge >= 0.3 is 0 Å². The van der Waals surface area contributed by atoms with Crippen molar-refractivity contribution in [3.63, 3.8) is 0 Å². The van der Waals surface area contributed by atoms with Crippen LogP contribution in [0, 0.1) is 12.7 Å². The summed E-state index contributed by atoms with van der Waals surface area (Å²) in [4.78, 5) is 17.2. The summed E-state index contributed by atoms with van der Waals surface area (Å²) in [6.07, 6.45) is 6.62. The van der Waals surface area contributed by atoms with Crippen LogP contribution in [0.15, 0.2) is 73.4 Å². The molecule has 8 heteroatoms. The van der Waals surface area contributed by atoms with Crippen LogP contribution in [0.4, 0.5) is 10.2 Å². The first-order valence-corrected chi connectivity index (χ1v) is 10.9. The summed E-state index contributed by atoms with van der Waals surface area (Å²) in [5.41, 5.74) is 5.46. The van der Waals surface area contributed by atoms with Gasteiger partial charge in [0.15, 0.2) is 0 Å². The topological polar surface area (TPSA) is 77.8 Å². The Bertz CT molecular complexity index is 1430. The molecule has 0 fully saturated rings. The van der Waals surface area contributed by atoms with E-state index < -0.39 is 0 Å². The van der Waals surface area contributed by atoms with Crippen molar-refractivity contribution in [2.75, 3.05) is 19.0 Å². The highest BCUT2D eigenvalue weighted by molar-refractivity contribution is 5.87. The number of hydrogen-bond acceptors (Lipinski definition) is 6. The van der Waals surface area contributed by atoms with E-state index in [0.717, 1.165) is 44.9 Å². The van der Waals surface area contributed by atoms with E-state index in [4.69, 9.17) is 4.74 Å². The van der Waals surface area contributed by atoms with Crippen LogP contribution in [-0.2, 0) is 6.54 Å². The predicted molar refractivity (Wildman–Crippen MR) is 130 cm³/mol. The average molecular weight is 455 g/mol. The third-order valence-corrected chi connectivity index (χ3v) is 5.72. The Labute approximate surface area is 196 Å². The molecule has 0 aliphatic rings. The monoisotopic (exact) mass is 454 g/mol. The number of aryl methyl sites for hydroxylation is 1. The van der Waals surface area contributed by atoms with Crippen LogP contribution in [0.1, 0.15) is 5.69 Å². The maximum atomic E-state index is 14.1. The molecule has 5 rings (SSSR count). The fraction of sp³-hybridized carbons (Fsp3) is 0.154. The van der Waals surface area contributed by atoms with Crippen molar-refractivity contribution in [2.45, 2.75) is 13.5 Å². The minimum Gasteiger partial charge on any atom is -0.496 e. The van der Waals surface area contributed by atoms with Gasteiger partial charge in [-0.2, -0.15) is 0 Å². The van der Waals surface area contributed by atoms with Gasteiger partial charge in [0, 0.05) is 59.8 Å². The molecule has 0 atom stereocenters. The van der Waals surface area contributed by atoms with E-state index in [-0.39, 0.29) is 5.82 Å². The summed E-state index contributed by atoms with van der Waals surface area (Å²) < 4.78 is 21.5. The molecular formula is C26H23FN6O. The van der Waals surface area contributed by atoms with Crippen molar-refractivity contribution >= 4 is 16.7 Å². The van der Waals surface area contributed by atoms with Crippen LogP contribution >= 0.6 is 0 Å². The number of benzene rings is 2. The number of rotatable bonds is 7. The third-order valence-electron chi connectivity index (χ3n) is 5.72. The SMILES string of the molecule is COc1cc(F)cc2c1cc(C)n2CCNc1cc(-c2ccc(-c3cnccn3)cc2)ncn1.